The van der Waals surface area contributed by atoms with Crippen molar-refractivity contribution in [1.82, 2.24) is 14.9 Å². The highest BCUT2D eigenvalue weighted by atomic mass is 16.5. The van der Waals surface area contributed by atoms with Crippen molar-refractivity contribution in [2.24, 2.45) is 0 Å². The highest BCUT2D eigenvalue weighted by Gasteiger charge is 2.05. The monoisotopic (exact) mass is 303 g/mol. The van der Waals surface area contributed by atoms with Crippen molar-refractivity contribution in [3.63, 3.8) is 0 Å². The van der Waals surface area contributed by atoms with Gasteiger partial charge in [0.05, 0.1) is 6.33 Å². The minimum atomic E-state index is -0.505. The van der Waals surface area contributed by atoms with Crippen LogP contribution in [0.15, 0.2) is 36.9 Å². The third-order valence-electron chi connectivity index (χ3n) is 3.35. The summed E-state index contributed by atoms with van der Waals surface area (Å²) in [5.41, 5.74) is 2.34. The van der Waals surface area contributed by atoms with Crippen molar-refractivity contribution in [2.75, 3.05) is 19.7 Å². The molecule has 1 atom stereocenters. The molecule has 0 saturated carbocycles. The van der Waals surface area contributed by atoms with Gasteiger partial charge in [-0.15, -0.1) is 0 Å². The molecule has 22 heavy (non-hydrogen) atoms. The fourth-order valence-corrected chi connectivity index (χ4v) is 2.34. The Bertz CT molecular complexity index is 535. The molecule has 2 N–H and O–H groups in total. The summed E-state index contributed by atoms with van der Waals surface area (Å²) in [7, 11) is 0. The van der Waals surface area contributed by atoms with E-state index < -0.39 is 6.10 Å². The number of aliphatic hydroxyl groups excluding tert-OH is 1. The predicted octanol–water partition coefficient (Wildman–Crippen LogP) is 1.92. The molecule has 1 aromatic heterocycles. The van der Waals surface area contributed by atoms with Crippen LogP contribution < -0.4 is 10.1 Å². The van der Waals surface area contributed by atoms with Crippen LogP contribution in [0.4, 0.5) is 0 Å². The zero-order chi connectivity index (χ0) is 15.8. The second kappa shape index (κ2) is 8.56. The Morgan fingerprint density at radius 2 is 2.05 bits per heavy atom. The first-order chi connectivity index (χ1) is 10.6. The molecule has 5 nitrogen and oxygen atoms in total. The lowest BCUT2D eigenvalue weighted by atomic mass is 10.1. The third kappa shape index (κ3) is 5.87. The molecule has 1 unspecified atom stereocenters. The van der Waals surface area contributed by atoms with E-state index in [1.54, 1.807) is 6.20 Å². The largest absolute Gasteiger partial charge is 0.491 e. The van der Waals surface area contributed by atoms with E-state index in [4.69, 9.17) is 4.74 Å². The summed E-state index contributed by atoms with van der Waals surface area (Å²) in [5, 5.41) is 13.2. The minimum Gasteiger partial charge on any atom is -0.491 e. The van der Waals surface area contributed by atoms with Crippen LogP contribution in [0.2, 0.25) is 0 Å². The number of ether oxygens (including phenoxy) is 1. The zero-order valence-electron chi connectivity index (χ0n) is 13.3. The molecular weight excluding hydrogens is 278 g/mol. The lowest BCUT2D eigenvalue weighted by molar-refractivity contribution is 0.106. The van der Waals surface area contributed by atoms with Gasteiger partial charge in [0.2, 0.25) is 0 Å². The lowest BCUT2D eigenvalue weighted by Crippen LogP contribution is -2.32. The molecule has 1 aromatic carbocycles. The van der Waals surface area contributed by atoms with Gasteiger partial charge in [0, 0.05) is 25.5 Å². The third-order valence-corrected chi connectivity index (χ3v) is 3.35. The molecule has 0 saturated heterocycles. The van der Waals surface area contributed by atoms with E-state index in [0.29, 0.717) is 13.2 Å². The number of hydrogen-bond donors (Lipinski definition) is 2. The minimum absolute atomic E-state index is 0.303. The van der Waals surface area contributed by atoms with Gasteiger partial charge in [0.15, 0.2) is 0 Å². The molecule has 0 radical (unpaired) electrons. The Morgan fingerprint density at radius 1 is 1.27 bits per heavy atom. The number of nitrogens with zero attached hydrogens (tertiary/aromatic N) is 2. The Kier molecular flexibility index (Phi) is 6.43. The van der Waals surface area contributed by atoms with Crippen LogP contribution in [-0.4, -0.2) is 40.5 Å². The number of nitrogens with one attached hydrogen (secondary N) is 1. The molecule has 2 aromatic rings. The average molecular weight is 303 g/mol. The van der Waals surface area contributed by atoms with Gasteiger partial charge in [-0.2, -0.15) is 0 Å². The van der Waals surface area contributed by atoms with Gasteiger partial charge in [0.25, 0.3) is 0 Å². The topological polar surface area (TPSA) is 59.3 Å². The van der Waals surface area contributed by atoms with E-state index in [9.17, 15) is 5.11 Å². The predicted molar refractivity (Wildman–Crippen MR) is 87.1 cm³/mol. The maximum absolute atomic E-state index is 9.93. The van der Waals surface area contributed by atoms with Crippen molar-refractivity contribution in [3.05, 3.63) is 48.0 Å². The van der Waals surface area contributed by atoms with Crippen LogP contribution in [0.25, 0.3) is 0 Å². The van der Waals surface area contributed by atoms with Crippen LogP contribution >= 0.6 is 0 Å². The van der Waals surface area contributed by atoms with E-state index in [2.05, 4.69) is 16.4 Å². The maximum Gasteiger partial charge on any atom is 0.119 e. The van der Waals surface area contributed by atoms with Gasteiger partial charge >= 0.3 is 0 Å². The van der Waals surface area contributed by atoms with Gasteiger partial charge in [0.1, 0.15) is 18.5 Å². The summed E-state index contributed by atoms with van der Waals surface area (Å²) in [6.07, 6.45) is 6.04. The molecule has 5 heteroatoms. The fraction of sp³-hybridized carbons (Fsp3) is 0.471. The summed E-state index contributed by atoms with van der Waals surface area (Å²) in [4.78, 5) is 4.00. The first kappa shape index (κ1) is 16.5. The molecule has 0 spiro atoms. The molecule has 120 valence electrons. The standard InChI is InChI=1S/C17H25N3O2/c1-14-8-15(2)10-17(9-14)22-12-16(21)11-18-4-3-6-20-7-5-19-13-20/h5,7-10,13,16,18,21H,3-4,6,11-12H2,1-2H3. The van der Waals surface area contributed by atoms with E-state index in [-0.39, 0.29) is 0 Å². The van der Waals surface area contributed by atoms with Crippen LogP contribution in [0.5, 0.6) is 5.75 Å². The molecule has 1 heterocycles. The fourth-order valence-electron chi connectivity index (χ4n) is 2.34. The molecule has 0 aliphatic heterocycles. The Balaban J connectivity index is 1.58. The van der Waals surface area contributed by atoms with Gasteiger partial charge in [-0.3, -0.25) is 0 Å². The quantitative estimate of drug-likeness (QED) is 0.695. The molecule has 2 rings (SSSR count). The summed E-state index contributed by atoms with van der Waals surface area (Å²) >= 11 is 0. The van der Waals surface area contributed by atoms with Gasteiger partial charge < -0.3 is 19.7 Å². The zero-order valence-corrected chi connectivity index (χ0v) is 13.3. The van der Waals surface area contributed by atoms with E-state index in [1.165, 1.54) is 11.1 Å². The van der Waals surface area contributed by atoms with E-state index >= 15 is 0 Å². The number of aliphatic hydroxyl groups is 1. The van der Waals surface area contributed by atoms with Crippen LogP contribution in [-0.2, 0) is 6.54 Å². The number of aryl methyl sites for hydroxylation is 3. The van der Waals surface area contributed by atoms with Crippen molar-refractivity contribution in [3.8, 4) is 5.75 Å². The summed E-state index contributed by atoms with van der Waals surface area (Å²) in [6.45, 7) is 6.71. The Labute approximate surface area is 132 Å². The van der Waals surface area contributed by atoms with E-state index in [1.807, 2.05) is 43.1 Å². The first-order valence-electron chi connectivity index (χ1n) is 7.69. The van der Waals surface area contributed by atoms with Crippen molar-refractivity contribution >= 4 is 0 Å². The molecule has 0 aliphatic rings. The molecule has 0 fully saturated rings. The maximum atomic E-state index is 9.93. The average Bonchev–Trinajstić information content (AvgIpc) is 2.97. The first-order valence-corrected chi connectivity index (χ1v) is 7.69. The Morgan fingerprint density at radius 3 is 2.73 bits per heavy atom. The summed E-state index contributed by atoms with van der Waals surface area (Å²) in [6, 6.07) is 6.07. The molecule has 0 aliphatic carbocycles. The second-order valence-electron chi connectivity index (χ2n) is 5.65. The van der Waals surface area contributed by atoms with Crippen molar-refractivity contribution in [2.45, 2.75) is 32.9 Å². The second-order valence-corrected chi connectivity index (χ2v) is 5.65. The van der Waals surface area contributed by atoms with Crippen LogP contribution in [0.3, 0.4) is 0 Å². The normalized spacial score (nSPS) is 12.3. The Hall–Kier alpha value is -1.85. The SMILES string of the molecule is Cc1cc(C)cc(OCC(O)CNCCCn2ccnc2)c1. The lowest BCUT2D eigenvalue weighted by Gasteiger charge is -2.14. The molecule has 0 amide bonds. The number of imidazole rings is 1. The van der Waals surface area contributed by atoms with Gasteiger partial charge in [-0.05, 0) is 50.1 Å². The van der Waals surface area contributed by atoms with Crippen LogP contribution in [0.1, 0.15) is 17.5 Å². The van der Waals surface area contributed by atoms with Crippen LogP contribution in [0, 0.1) is 13.8 Å². The number of benzene rings is 1. The highest BCUT2D eigenvalue weighted by molar-refractivity contribution is 5.32. The number of aromatic nitrogens is 2. The highest BCUT2D eigenvalue weighted by Crippen LogP contribution is 2.16. The van der Waals surface area contributed by atoms with E-state index in [0.717, 1.165) is 25.3 Å². The smallest absolute Gasteiger partial charge is 0.119 e. The summed E-state index contributed by atoms with van der Waals surface area (Å²) < 4.78 is 7.69. The number of rotatable bonds is 9. The summed E-state index contributed by atoms with van der Waals surface area (Å²) in [5.74, 6) is 0.816. The van der Waals surface area contributed by atoms with Gasteiger partial charge in [-0.1, -0.05) is 6.07 Å². The van der Waals surface area contributed by atoms with Crippen molar-refractivity contribution < 1.29 is 9.84 Å². The van der Waals surface area contributed by atoms with Gasteiger partial charge in [-0.25, -0.2) is 4.98 Å². The molecular formula is C17H25N3O2. The van der Waals surface area contributed by atoms with Crippen molar-refractivity contribution in [1.29, 1.82) is 0 Å². The number of hydrogen-bond acceptors (Lipinski definition) is 4. The molecule has 0 bridgehead atoms.